The van der Waals surface area contributed by atoms with E-state index in [-0.39, 0.29) is 11.8 Å². The zero-order valence-electron chi connectivity index (χ0n) is 11.3. The molecule has 2 unspecified atom stereocenters. The Bertz CT molecular complexity index is 592. The molecule has 1 heterocycles. The summed E-state index contributed by atoms with van der Waals surface area (Å²) in [6, 6.07) is 10.9. The summed E-state index contributed by atoms with van der Waals surface area (Å²) < 4.78 is 0.953. The van der Waals surface area contributed by atoms with E-state index >= 15 is 0 Å². The highest BCUT2D eigenvalue weighted by Gasteiger charge is 2.16. The Morgan fingerprint density at radius 3 is 2.35 bits per heavy atom. The molecule has 3 nitrogen and oxygen atoms in total. The van der Waals surface area contributed by atoms with Crippen molar-refractivity contribution in [2.24, 2.45) is 0 Å². The van der Waals surface area contributed by atoms with E-state index in [4.69, 9.17) is 0 Å². The number of carbonyl (C=O) groups is 1. The SMILES string of the molecule is CC(Nc1ccc(C(C)O)cc1)C(=O)c1ccc(Br)s1. The van der Waals surface area contributed by atoms with Gasteiger partial charge in [0.2, 0.25) is 0 Å². The lowest BCUT2D eigenvalue weighted by molar-refractivity contribution is 0.0979. The average molecular weight is 354 g/mol. The molecule has 106 valence electrons. The van der Waals surface area contributed by atoms with Crippen LogP contribution in [0.3, 0.4) is 0 Å². The third-order valence-electron chi connectivity index (χ3n) is 2.99. The largest absolute Gasteiger partial charge is 0.389 e. The van der Waals surface area contributed by atoms with E-state index in [0.29, 0.717) is 0 Å². The van der Waals surface area contributed by atoms with Gasteiger partial charge in [0.15, 0.2) is 5.78 Å². The highest BCUT2D eigenvalue weighted by molar-refractivity contribution is 9.11. The highest BCUT2D eigenvalue weighted by atomic mass is 79.9. The molecular formula is C15H16BrNO2S. The first-order valence-electron chi connectivity index (χ1n) is 6.31. The van der Waals surface area contributed by atoms with Crippen molar-refractivity contribution in [1.82, 2.24) is 0 Å². The molecule has 0 bridgehead atoms. The topological polar surface area (TPSA) is 49.3 Å². The molecule has 0 aliphatic carbocycles. The number of benzene rings is 1. The van der Waals surface area contributed by atoms with Gasteiger partial charge in [0.05, 0.1) is 20.8 Å². The summed E-state index contributed by atoms with van der Waals surface area (Å²) in [5, 5.41) is 12.6. The van der Waals surface area contributed by atoms with Gasteiger partial charge in [-0.15, -0.1) is 11.3 Å². The summed E-state index contributed by atoms with van der Waals surface area (Å²) in [5.74, 6) is 0.0697. The second kappa shape index (κ2) is 6.52. The maximum Gasteiger partial charge on any atom is 0.194 e. The monoisotopic (exact) mass is 353 g/mol. The first-order chi connectivity index (χ1) is 9.47. The molecule has 2 atom stereocenters. The lowest BCUT2D eigenvalue weighted by Crippen LogP contribution is -2.25. The number of nitrogens with one attached hydrogen (secondary N) is 1. The lowest BCUT2D eigenvalue weighted by Gasteiger charge is -2.14. The molecule has 1 aromatic heterocycles. The molecule has 0 fully saturated rings. The molecule has 0 saturated carbocycles. The van der Waals surface area contributed by atoms with E-state index < -0.39 is 6.10 Å². The Kier molecular flexibility index (Phi) is 4.96. The lowest BCUT2D eigenvalue weighted by atomic mass is 10.1. The molecule has 0 amide bonds. The number of halogens is 1. The maximum atomic E-state index is 12.2. The minimum Gasteiger partial charge on any atom is -0.389 e. The molecule has 0 saturated heterocycles. The standard InChI is InChI=1S/C15H16BrNO2S/c1-9(15(19)13-7-8-14(16)20-13)17-12-5-3-11(4-6-12)10(2)18/h3-10,17-18H,1-2H3. The fourth-order valence-corrected chi connectivity index (χ4v) is 3.25. The van der Waals surface area contributed by atoms with Crippen LogP contribution in [0.15, 0.2) is 40.2 Å². The maximum absolute atomic E-state index is 12.2. The van der Waals surface area contributed by atoms with E-state index in [2.05, 4.69) is 21.2 Å². The summed E-state index contributed by atoms with van der Waals surface area (Å²) >= 11 is 4.80. The predicted octanol–water partition coefficient (Wildman–Crippen LogP) is 4.25. The van der Waals surface area contributed by atoms with E-state index in [1.54, 1.807) is 6.92 Å². The minimum atomic E-state index is -0.480. The van der Waals surface area contributed by atoms with Gasteiger partial charge in [-0.1, -0.05) is 12.1 Å². The van der Waals surface area contributed by atoms with Gasteiger partial charge in [0, 0.05) is 5.69 Å². The van der Waals surface area contributed by atoms with Gasteiger partial charge in [-0.25, -0.2) is 0 Å². The van der Waals surface area contributed by atoms with Gasteiger partial charge in [0.25, 0.3) is 0 Å². The number of ketones is 1. The van der Waals surface area contributed by atoms with Gasteiger partial charge in [-0.2, -0.15) is 0 Å². The fourth-order valence-electron chi connectivity index (χ4n) is 1.83. The molecule has 0 spiro atoms. The second-order valence-corrected chi connectivity index (χ2v) is 7.10. The molecule has 2 rings (SSSR count). The van der Waals surface area contributed by atoms with Crippen molar-refractivity contribution >= 4 is 38.7 Å². The van der Waals surface area contributed by atoms with Gasteiger partial charge in [-0.05, 0) is 59.6 Å². The molecule has 20 heavy (non-hydrogen) atoms. The number of aliphatic hydroxyl groups is 1. The van der Waals surface area contributed by atoms with Crippen molar-refractivity contribution in [3.05, 3.63) is 50.6 Å². The molecule has 0 aliphatic heterocycles. The summed E-state index contributed by atoms with van der Waals surface area (Å²) in [7, 11) is 0. The number of aliphatic hydroxyl groups excluding tert-OH is 1. The Morgan fingerprint density at radius 2 is 1.85 bits per heavy atom. The summed E-state index contributed by atoms with van der Waals surface area (Å²) in [5.41, 5.74) is 1.72. The van der Waals surface area contributed by atoms with Crippen LogP contribution in [0, 0.1) is 0 Å². The van der Waals surface area contributed by atoms with Crippen LogP contribution in [0.4, 0.5) is 5.69 Å². The Balaban J connectivity index is 2.03. The molecule has 2 aromatic rings. The van der Waals surface area contributed by atoms with Crippen LogP contribution < -0.4 is 5.32 Å². The molecule has 5 heteroatoms. The molecule has 1 aromatic carbocycles. The smallest absolute Gasteiger partial charge is 0.194 e. The number of hydrogen-bond donors (Lipinski definition) is 2. The van der Waals surface area contributed by atoms with Crippen molar-refractivity contribution in [2.45, 2.75) is 26.0 Å². The minimum absolute atomic E-state index is 0.0697. The quantitative estimate of drug-likeness (QED) is 0.790. The average Bonchev–Trinajstić information content (AvgIpc) is 2.85. The number of rotatable bonds is 5. The molecule has 0 radical (unpaired) electrons. The predicted molar refractivity (Wildman–Crippen MR) is 86.5 cm³/mol. The Hall–Kier alpha value is -1.17. The number of hydrogen-bond acceptors (Lipinski definition) is 4. The van der Waals surface area contributed by atoms with Crippen molar-refractivity contribution in [3.63, 3.8) is 0 Å². The van der Waals surface area contributed by atoms with E-state index in [9.17, 15) is 9.90 Å². The fraction of sp³-hybridized carbons (Fsp3) is 0.267. The summed E-state index contributed by atoms with van der Waals surface area (Å²) in [6.07, 6.45) is -0.480. The number of anilines is 1. The van der Waals surface area contributed by atoms with E-state index in [1.807, 2.05) is 43.3 Å². The second-order valence-electron chi connectivity index (χ2n) is 4.63. The first-order valence-corrected chi connectivity index (χ1v) is 7.92. The van der Waals surface area contributed by atoms with Crippen molar-refractivity contribution in [1.29, 1.82) is 0 Å². The zero-order valence-corrected chi connectivity index (χ0v) is 13.7. The molecular weight excluding hydrogens is 338 g/mol. The highest BCUT2D eigenvalue weighted by Crippen LogP contribution is 2.24. The third kappa shape index (κ3) is 3.69. The van der Waals surface area contributed by atoms with Crippen LogP contribution >= 0.6 is 27.3 Å². The van der Waals surface area contributed by atoms with Crippen molar-refractivity contribution < 1.29 is 9.90 Å². The third-order valence-corrected chi connectivity index (χ3v) is 4.62. The summed E-state index contributed by atoms with van der Waals surface area (Å²) in [4.78, 5) is 13.0. The van der Waals surface area contributed by atoms with Crippen LogP contribution in [0.25, 0.3) is 0 Å². The van der Waals surface area contributed by atoms with Gasteiger partial charge in [-0.3, -0.25) is 4.79 Å². The van der Waals surface area contributed by atoms with E-state index in [0.717, 1.165) is 19.9 Å². The zero-order chi connectivity index (χ0) is 14.7. The van der Waals surface area contributed by atoms with E-state index in [1.165, 1.54) is 11.3 Å². The van der Waals surface area contributed by atoms with Crippen LogP contribution in [-0.2, 0) is 0 Å². The number of thiophene rings is 1. The number of carbonyl (C=O) groups excluding carboxylic acids is 1. The van der Waals surface area contributed by atoms with Crippen LogP contribution in [-0.4, -0.2) is 16.9 Å². The molecule has 2 N–H and O–H groups in total. The summed E-state index contributed by atoms with van der Waals surface area (Å²) in [6.45, 7) is 3.57. The first kappa shape index (κ1) is 15.2. The van der Waals surface area contributed by atoms with Gasteiger partial charge < -0.3 is 10.4 Å². The van der Waals surface area contributed by atoms with Crippen LogP contribution in [0.5, 0.6) is 0 Å². The normalized spacial score (nSPS) is 13.8. The Labute approximate surface area is 130 Å². The Morgan fingerprint density at radius 1 is 1.20 bits per heavy atom. The number of Topliss-reactive ketones (excluding diaryl/α,β-unsaturated/α-hetero) is 1. The van der Waals surface area contributed by atoms with Gasteiger partial charge in [0.1, 0.15) is 0 Å². The van der Waals surface area contributed by atoms with Gasteiger partial charge >= 0.3 is 0 Å². The van der Waals surface area contributed by atoms with Crippen LogP contribution in [0.1, 0.15) is 35.2 Å². The molecule has 0 aliphatic rings. The van der Waals surface area contributed by atoms with Crippen molar-refractivity contribution in [3.8, 4) is 0 Å². The van der Waals surface area contributed by atoms with Crippen LogP contribution in [0.2, 0.25) is 0 Å². The van der Waals surface area contributed by atoms with Crippen molar-refractivity contribution in [2.75, 3.05) is 5.32 Å².